The van der Waals surface area contributed by atoms with Gasteiger partial charge in [-0.05, 0) is 74.8 Å². The molecule has 2 aromatic heterocycles. The van der Waals surface area contributed by atoms with Crippen molar-refractivity contribution < 1.29 is 4.39 Å². The molecule has 2 heterocycles. The van der Waals surface area contributed by atoms with E-state index in [9.17, 15) is 9.59 Å². The summed E-state index contributed by atoms with van der Waals surface area (Å²) >= 11 is 1.67. The second kappa shape index (κ2) is 6.52. The molecule has 28 heavy (non-hydrogen) atoms. The molecule has 0 amide bonds. The summed E-state index contributed by atoms with van der Waals surface area (Å²) < 4.78 is 17.0. The largest absolute Gasteiger partial charge is 0.330 e. The van der Waals surface area contributed by atoms with Crippen LogP contribution in [0, 0.1) is 0 Å². The van der Waals surface area contributed by atoms with Crippen molar-refractivity contribution in [1.29, 1.82) is 0 Å². The Labute approximate surface area is 165 Å². The maximum absolute atomic E-state index is 15.3. The van der Waals surface area contributed by atoms with Gasteiger partial charge in [0.15, 0.2) is 0 Å². The third kappa shape index (κ3) is 2.67. The summed E-state index contributed by atoms with van der Waals surface area (Å²) in [6.45, 7) is 2.49. The molecule has 148 valence electrons. The molecular weight excluding hydrogens is 377 g/mol. The zero-order valence-corrected chi connectivity index (χ0v) is 16.7. The van der Waals surface area contributed by atoms with E-state index in [4.69, 9.17) is 5.73 Å². The van der Waals surface area contributed by atoms with E-state index in [0.717, 1.165) is 42.6 Å². The van der Waals surface area contributed by atoms with E-state index in [2.05, 4.69) is 11.1 Å². The molecular formula is C21H24FN3O2S. The topological polar surface area (TPSA) is 80.9 Å². The van der Waals surface area contributed by atoms with Crippen molar-refractivity contribution in [2.45, 2.75) is 63.1 Å². The van der Waals surface area contributed by atoms with Gasteiger partial charge in [0.25, 0.3) is 5.56 Å². The summed E-state index contributed by atoms with van der Waals surface area (Å²) in [6.07, 6.45) is 5.18. The first kappa shape index (κ1) is 18.1. The van der Waals surface area contributed by atoms with Gasteiger partial charge in [0, 0.05) is 15.8 Å². The lowest BCUT2D eigenvalue weighted by Gasteiger charge is -2.23. The van der Waals surface area contributed by atoms with Crippen LogP contribution in [0.2, 0.25) is 0 Å². The molecule has 0 spiro atoms. The van der Waals surface area contributed by atoms with Gasteiger partial charge in [0.1, 0.15) is 6.17 Å². The number of nitrogens with one attached hydrogen (secondary N) is 1. The zero-order valence-electron chi connectivity index (χ0n) is 15.8. The number of halogens is 1. The molecule has 5 nitrogen and oxygen atoms in total. The summed E-state index contributed by atoms with van der Waals surface area (Å²) in [5.41, 5.74) is 7.13. The number of aryl methyl sites for hydroxylation is 1. The monoisotopic (exact) mass is 401 g/mol. The van der Waals surface area contributed by atoms with Crippen LogP contribution in [0.3, 0.4) is 0 Å². The number of nitrogens with zero attached hydrogens (tertiary/aromatic N) is 1. The molecule has 0 aliphatic heterocycles. The number of hydrogen-bond donors (Lipinski definition) is 2. The van der Waals surface area contributed by atoms with E-state index in [-0.39, 0.29) is 11.7 Å². The maximum Gasteiger partial charge on any atom is 0.329 e. The molecule has 5 rings (SSSR count). The minimum Gasteiger partial charge on any atom is -0.330 e. The van der Waals surface area contributed by atoms with Gasteiger partial charge < -0.3 is 5.73 Å². The van der Waals surface area contributed by atoms with Crippen LogP contribution in [0.1, 0.15) is 65.8 Å². The van der Waals surface area contributed by atoms with Crippen LogP contribution < -0.4 is 27.6 Å². The van der Waals surface area contributed by atoms with Crippen molar-refractivity contribution in [2.24, 2.45) is 5.73 Å². The predicted octanol–water partition coefficient (Wildman–Crippen LogP) is 1.40. The van der Waals surface area contributed by atoms with E-state index < -0.39 is 17.6 Å². The highest BCUT2D eigenvalue weighted by Gasteiger charge is 2.34. The summed E-state index contributed by atoms with van der Waals surface area (Å²) in [6, 6.07) is 2.24. The average Bonchev–Trinajstić information content (AvgIpc) is 3.40. The summed E-state index contributed by atoms with van der Waals surface area (Å²) in [5, 5.41) is 0.922. The van der Waals surface area contributed by atoms with Gasteiger partial charge in [-0.3, -0.25) is 14.3 Å². The number of aromatic nitrogens is 2. The van der Waals surface area contributed by atoms with Crippen LogP contribution in [-0.4, -0.2) is 22.3 Å². The molecule has 0 aromatic carbocycles. The van der Waals surface area contributed by atoms with Gasteiger partial charge in [-0.15, -0.1) is 11.3 Å². The number of H-pyrrole nitrogens is 1. The Morgan fingerprint density at radius 2 is 2.11 bits per heavy atom. The number of thiophene rings is 1. The first-order valence-electron chi connectivity index (χ1n) is 10.0. The van der Waals surface area contributed by atoms with Crippen molar-refractivity contribution in [3.05, 3.63) is 52.8 Å². The van der Waals surface area contributed by atoms with Gasteiger partial charge in [-0.25, -0.2) is 9.18 Å². The lowest BCUT2D eigenvalue weighted by atomic mass is 9.85. The highest BCUT2D eigenvalue weighted by atomic mass is 32.1. The molecule has 0 saturated heterocycles. The van der Waals surface area contributed by atoms with Crippen LogP contribution in [0.4, 0.5) is 4.39 Å². The molecule has 1 saturated carbocycles. The molecule has 1 fully saturated rings. The Morgan fingerprint density at radius 3 is 2.82 bits per heavy atom. The fourth-order valence-corrected chi connectivity index (χ4v) is 6.38. The van der Waals surface area contributed by atoms with Crippen LogP contribution in [0.5, 0.6) is 0 Å². The number of aromatic amines is 1. The fraction of sp³-hybridized carbons (Fsp3) is 0.524. The molecule has 3 unspecified atom stereocenters. The normalized spacial score (nSPS) is 26.5. The number of fused-ring (bicyclic) bond motifs is 2. The first-order valence-corrected chi connectivity index (χ1v) is 10.9. The lowest BCUT2D eigenvalue weighted by Crippen LogP contribution is -2.57. The number of rotatable bonds is 3. The summed E-state index contributed by atoms with van der Waals surface area (Å²) in [5.74, 6) is -0.104. The van der Waals surface area contributed by atoms with Crippen LogP contribution in [0.25, 0.3) is 11.6 Å². The van der Waals surface area contributed by atoms with Crippen molar-refractivity contribution in [2.75, 3.05) is 6.54 Å². The fourth-order valence-electron chi connectivity index (χ4n) is 4.88. The smallest absolute Gasteiger partial charge is 0.329 e. The highest BCUT2D eigenvalue weighted by molar-refractivity contribution is 7.12. The Hall–Kier alpha value is -1.99. The Bertz CT molecular complexity index is 1190. The SMILES string of the molecule is CC1=c2c(c(=O)[nH]c(=O)n2C2CC2)=CC(F)C1c1cc2c(s1)CCCC2CN. The van der Waals surface area contributed by atoms with Gasteiger partial charge in [0.05, 0.1) is 16.5 Å². The van der Waals surface area contributed by atoms with E-state index >= 15 is 4.39 Å². The molecule has 3 aliphatic rings. The number of hydrogen-bond acceptors (Lipinski definition) is 4. The van der Waals surface area contributed by atoms with Crippen molar-refractivity contribution >= 4 is 23.0 Å². The third-order valence-corrected chi connectivity index (χ3v) is 7.72. The summed E-state index contributed by atoms with van der Waals surface area (Å²) in [4.78, 5) is 29.5. The van der Waals surface area contributed by atoms with E-state index in [1.54, 1.807) is 15.9 Å². The third-order valence-electron chi connectivity index (χ3n) is 6.42. The Balaban J connectivity index is 1.73. The predicted molar refractivity (Wildman–Crippen MR) is 109 cm³/mol. The standard InChI is InChI=1S/C21H24FN3O2S/c1-10-18(17-8-13-11(9-23)3-2-4-16(13)28-17)15(22)7-14-19(10)25(12-5-6-12)21(27)24-20(14)26/h7-8,11-12,15,18H,2-6,9,23H2,1H3,(H,24,26,27). The quantitative estimate of drug-likeness (QED) is 0.816. The van der Waals surface area contributed by atoms with Gasteiger partial charge in [-0.1, -0.05) is 0 Å². The Kier molecular flexibility index (Phi) is 4.21. The molecule has 0 radical (unpaired) electrons. The van der Waals surface area contributed by atoms with E-state index in [1.165, 1.54) is 16.5 Å². The van der Waals surface area contributed by atoms with Crippen molar-refractivity contribution in [3.63, 3.8) is 0 Å². The lowest BCUT2D eigenvalue weighted by molar-refractivity contribution is 0.391. The maximum atomic E-state index is 15.3. The molecule has 3 N–H and O–H groups in total. The van der Waals surface area contributed by atoms with Crippen LogP contribution in [-0.2, 0) is 6.42 Å². The number of nitrogens with two attached hydrogens (primary N) is 1. The van der Waals surface area contributed by atoms with Gasteiger partial charge >= 0.3 is 5.69 Å². The van der Waals surface area contributed by atoms with Crippen LogP contribution >= 0.6 is 11.3 Å². The molecule has 3 aliphatic carbocycles. The zero-order chi connectivity index (χ0) is 19.6. The first-order chi connectivity index (χ1) is 13.5. The van der Waals surface area contributed by atoms with Gasteiger partial charge in [0.2, 0.25) is 0 Å². The van der Waals surface area contributed by atoms with E-state index in [0.29, 0.717) is 23.0 Å². The second-order valence-corrected chi connectivity index (χ2v) is 9.41. The minimum atomic E-state index is -1.28. The van der Waals surface area contributed by atoms with Gasteiger partial charge in [-0.2, -0.15) is 0 Å². The number of alkyl halides is 1. The summed E-state index contributed by atoms with van der Waals surface area (Å²) in [7, 11) is 0. The van der Waals surface area contributed by atoms with E-state index in [1.807, 2.05) is 6.92 Å². The molecule has 0 bridgehead atoms. The van der Waals surface area contributed by atoms with Crippen molar-refractivity contribution in [1.82, 2.24) is 9.55 Å². The molecule has 3 atom stereocenters. The average molecular weight is 402 g/mol. The van der Waals surface area contributed by atoms with Crippen LogP contribution in [0.15, 0.2) is 15.7 Å². The molecule has 7 heteroatoms. The molecule has 2 aromatic rings. The second-order valence-electron chi connectivity index (χ2n) is 8.25. The highest BCUT2D eigenvalue weighted by Crippen LogP contribution is 2.43. The minimum absolute atomic E-state index is 0.108. The van der Waals surface area contributed by atoms with Crippen molar-refractivity contribution in [3.8, 4) is 0 Å². The Morgan fingerprint density at radius 1 is 1.32 bits per heavy atom.